The number of hydrogen-bond donors (Lipinski definition) is 3. The number of benzene rings is 1. The third-order valence-electron chi connectivity index (χ3n) is 2.77. The number of nitrogen functional groups attached to an aromatic ring is 2. The first-order chi connectivity index (χ1) is 7.09. The lowest BCUT2D eigenvalue weighted by atomic mass is 10.0. The predicted octanol–water partition coefficient (Wildman–Crippen LogP) is 2.25. The van der Waals surface area contributed by atoms with Gasteiger partial charge in [-0.1, -0.05) is 27.3 Å². The normalized spacial score (nSPS) is 16.9. The molecule has 0 saturated carbocycles. The molecular formula is C13H25N3. The van der Waals surface area contributed by atoms with E-state index in [1.807, 2.05) is 20.8 Å². The number of aryl methyl sites for hydroxylation is 1. The SMILES string of the molecule is C.CC.Cc1cc2c(c(N)c1N)CC(N)C2. The molecule has 0 aromatic heterocycles. The van der Waals surface area contributed by atoms with Gasteiger partial charge >= 0.3 is 0 Å². The van der Waals surface area contributed by atoms with Crippen LogP contribution in [0.1, 0.15) is 38.0 Å². The largest absolute Gasteiger partial charge is 0.397 e. The van der Waals surface area contributed by atoms with Gasteiger partial charge in [0, 0.05) is 6.04 Å². The van der Waals surface area contributed by atoms with Gasteiger partial charge in [-0.2, -0.15) is 0 Å². The standard InChI is InChI=1S/C10H15N3.C2H6.CH4/c1-5-2-6-3-7(11)4-8(6)10(13)9(5)12;1-2;/h2,7H,3-4,11-13H2,1H3;1-2H3;1H4. The second-order valence-electron chi connectivity index (χ2n) is 3.83. The van der Waals surface area contributed by atoms with Crippen LogP contribution in [0.5, 0.6) is 0 Å². The van der Waals surface area contributed by atoms with Crippen molar-refractivity contribution in [2.24, 2.45) is 5.73 Å². The molecular weight excluding hydrogens is 198 g/mol. The summed E-state index contributed by atoms with van der Waals surface area (Å²) in [4.78, 5) is 0. The first kappa shape index (κ1) is 14.8. The van der Waals surface area contributed by atoms with Crippen molar-refractivity contribution >= 4 is 11.4 Å². The highest BCUT2D eigenvalue weighted by atomic mass is 14.7. The van der Waals surface area contributed by atoms with Crippen molar-refractivity contribution in [3.05, 3.63) is 22.8 Å². The van der Waals surface area contributed by atoms with Crippen molar-refractivity contribution in [1.29, 1.82) is 0 Å². The van der Waals surface area contributed by atoms with Gasteiger partial charge in [-0.3, -0.25) is 0 Å². The molecule has 0 amide bonds. The van der Waals surface area contributed by atoms with Gasteiger partial charge in [0.15, 0.2) is 0 Å². The highest BCUT2D eigenvalue weighted by Gasteiger charge is 2.22. The van der Waals surface area contributed by atoms with Gasteiger partial charge in [0.2, 0.25) is 0 Å². The molecule has 16 heavy (non-hydrogen) atoms. The smallest absolute Gasteiger partial charge is 0.0586 e. The van der Waals surface area contributed by atoms with Gasteiger partial charge in [0.25, 0.3) is 0 Å². The zero-order valence-corrected chi connectivity index (χ0v) is 9.80. The highest BCUT2D eigenvalue weighted by Crippen LogP contribution is 2.33. The quantitative estimate of drug-likeness (QED) is 0.590. The molecule has 0 spiro atoms. The Morgan fingerprint density at radius 2 is 1.69 bits per heavy atom. The molecule has 0 aliphatic heterocycles. The van der Waals surface area contributed by atoms with Crippen molar-refractivity contribution in [2.75, 3.05) is 11.5 Å². The molecule has 1 aliphatic rings. The second kappa shape index (κ2) is 5.75. The monoisotopic (exact) mass is 223 g/mol. The Labute approximate surface area is 99.0 Å². The van der Waals surface area contributed by atoms with Crippen LogP contribution in [0.3, 0.4) is 0 Å². The van der Waals surface area contributed by atoms with Crippen LogP contribution in [0, 0.1) is 6.92 Å². The van der Waals surface area contributed by atoms with Crippen molar-refractivity contribution in [3.8, 4) is 0 Å². The molecule has 92 valence electrons. The molecule has 6 N–H and O–H groups in total. The number of fused-ring (bicyclic) bond motifs is 1. The van der Waals surface area contributed by atoms with E-state index in [1.54, 1.807) is 0 Å². The zero-order chi connectivity index (χ0) is 11.6. The third kappa shape index (κ3) is 2.47. The topological polar surface area (TPSA) is 78.1 Å². The first-order valence-electron chi connectivity index (χ1n) is 5.51. The maximum absolute atomic E-state index is 5.92. The van der Waals surface area contributed by atoms with Gasteiger partial charge in [0.1, 0.15) is 0 Å². The van der Waals surface area contributed by atoms with E-state index in [9.17, 15) is 0 Å². The Hall–Kier alpha value is -1.22. The maximum Gasteiger partial charge on any atom is 0.0586 e. The fraction of sp³-hybridized carbons (Fsp3) is 0.538. The molecule has 1 aromatic rings. The summed E-state index contributed by atoms with van der Waals surface area (Å²) >= 11 is 0. The summed E-state index contributed by atoms with van der Waals surface area (Å²) in [5.74, 6) is 0. The lowest BCUT2D eigenvalue weighted by Crippen LogP contribution is -2.19. The van der Waals surface area contributed by atoms with E-state index in [1.165, 1.54) is 5.56 Å². The minimum absolute atomic E-state index is 0. The minimum Gasteiger partial charge on any atom is -0.397 e. The van der Waals surface area contributed by atoms with E-state index in [4.69, 9.17) is 17.2 Å². The van der Waals surface area contributed by atoms with Gasteiger partial charge in [-0.25, -0.2) is 0 Å². The lowest BCUT2D eigenvalue weighted by molar-refractivity contribution is 0.721. The average molecular weight is 223 g/mol. The summed E-state index contributed by atoms with van der Waals surface area (Å²) in [5.41, 5.74) is 22.6. The van der Waals surface area contributed by atoms with Gasteiger partial charge in [-0.15, -0.1) is 0 Å². The molecule has 1 unspecified atom stereocenters. The molecule has 0 heterocycles. The maximum atomic E-state index is 5.92. The molecule has 1 atom stereocenters. The van der Waals surface area contributed by atoms with Crippen molar-refractivity contribution in [1.82, 2.24) is 0 Å². The predicted molar refractivity (Wildman–Crippen MR) is 73.5 cm³/mol. The number of hydrogen-bond acceptors (Lipinski definition) is 3. The number of nitrogens with two attached hydrogens (primary N) is 3. The lowest BCUT2D eigenvalue weighted by Gasteiger charge is -2.09. The molecule has 2 rings (SSSR count). The van der Waals surface area contributed by atoms with Crippen molar-refractivity contribution < 1.29 is 0 Å². The van der Waals surface area contributed by atoms with E-state index in [-0.39, 0.29) is 13.5 Å². The Morgan fingerprint density at radius 3 is 2.25 bits per heavy atom. The van der Waals surface area contributed by atoms with E-state index in [2.05, 4.69) is 6.07 Å². The van der Waals surface area contributed by atoms with Crippen molar-refractivity contribution in [3.63, 3.8) is 0 Å². The Bertz CT molecular complexity index is 359. The van der Waals surface area contributed by atoms with E-state index in [0.717, 1.165) is 29.7 Å². The molecule has 0 radical (unpaired) electrons. The highest BCUT2D eigenvalue weighted by molar-refractivity contribution is 5.73. The van der Waals surface area contributed by atoms with E-state index in [0.29, 0.717) is 5.69 Å². The van der Waals surface area contributed by atoms with Crippen LogP contribution in [0.2, 0.25) is 0 Å². The fourth-order valence-corrected chi connectivity index (χ4v) is 2.01. The molecule has 0 bridgehead atoms. The summed E-state index contributed by atoms with van der Waals surface area (Å²) < 4.78 is 0. The van der Waals surface area contributed by atoms with Crippen LogP contribution in [-0.4, -0.2) is 6.04 Å². The van der Waals surface area contributed by atoms with Crippen LogP contribution in [0.4, 0.5) is 11.4 Å². The fourth-order valence-electron chi connectivity index (χ4n) is 2.01. The summed E-state index contributed by atoms with van der Waals surface area (Å²) in [6.07, 6.45) is 1.80. The second-order valence-corrected chi connectivity index (χ2v) is 3.83. The van der Waals surface area contributed by atoms with Crippen LogP contribution >= 0.6 is 0 Å². The average Bonchev–Trinajstić information content (AvgIpc) is 2.59. The van der Waals surface area contributed by atoms with Crippen molar-refractivity contribution in [2.45, 2.75) is 47.1 Å². The summed E-state index contributed by atoms with van der Waals surface area (Å²) in [6, 6.07) is 2.33. The summed E-state index contributed by atoms with van der Waals surface area (Å²) in [7, 11) is 0. The first-order valence-corrected chi connectivity index (χ1v) is 5.51. The van der Waals surface area contributed by atoms with Crippen LogP contribution < -0.4 is 17.2 Å². The molecule has 1 aromatic carbocycles. The van der Waals surface area contributed by atoms with Crippen LogP contribution in [-0.2, 0) is 12.8 Å². The van der Waals surface area contributed by atoms with Gasteiger partial charge in [-0.05, 0) is 36.5 Å². The zero-order valence-electron chi connectivity index (χ0n) is 9.80. The molecule has 3 heteroatoms. The van der Waals surface area contributed by atoms with Crippen LogP contribution in [0.15, 0.2) is 6.07 Å². The molecule has 0 saturated heterocycles. The summed E-state index contributed by atoms with van der Waals surface area (Å²) in [5, 5.41) is 0. The van der Waals surface area contributed by atoms with Crippen LogP contribution in [0.25, 0.3) is 0 Å². The van der Waals surface area contributed by atoms with E-state index >= 15 is 0 Å². The summed E-state index contributed by atoms with van der Waals surface area (Å²) in [6.45, 7) is 5.98. The minimum atomic E-state index is 0. The molecule has 1 aliphatic carbocycles. The molecule has 3 nitrogen and oxygen atoms in total. The van der Waals surface area contributed by atoms with Gasteiger partial charge in [0.05, 0.1) is 11.4 Å². The number of anilines is 2. The van der Waals surface area contributed by atoms with E-state index < -0.39 is 0 Å². The Kier molecular flexibility index (Phi) is 5.31. The Morgan fingerprint density at radius 1 is 1.12 bits per heavy atom. The third-order valence-corrected chi connectivity index (χ3v) is 2.77. The molecule has 0 fully saturated rings. The number of rotatable bonds is 0. The van der Waals surface area contributed by atoms with Gasteiger partial charge < -0.3 is 17.2 Å². The Balaban J connectivity index is 0.000000711.